The summed E-state index contributed by atoms with van der Waals surface area (Å²) < 4.78 is 35.6. The highest BCUT2D eigenvalue weighted by molar-refractivity contribution is 7.14. The van der Waals surface area contributed by atoms with Crippen molar-refractivity contribution in [3.05, 3.63) is 377 Å². The average Bonchev–Trinajstić information content (AvgIpc) is 1.63. The molecule has 3 atom stereocenters. The van der Waals surface area contributed by atoms with Crippen LogP contribution in [-0.4, -0.2) is 73.3 Å². The molecule has 12 aromatic carbocycles. The maximum atomic E-state index is 13.6. The van der Waals surface area contributed by atoms with E-state index in [0.29, 0.717) is 85.9 Å². The Labute approximate surface area is 667 Å². The van der Waals surface area contributed by atoms with Gasteiger partial charge < -0.3 is 54.2 Å². The van der Waals surface area contributed by atoms with E-state index in [1.54, 1.807) is 121 Å². The smallest absolute Gasteiger partial charge is 0.340 e. The van der Waals surface area contributed by atoms with E-state index in [-0.39, 0.29) is 69.1 Å². The van der Waals surface area contributed by atoms with Crippen LogP contribution in [-0.2, 0) is 75.9 Å². The minimum Gasteiger partial charge on any atom is -0.461 e. The summed E-state index contributed by atoms with van der Waals surface area (Å²) in [5, 5.41) is 8.98. The minimum atomic E-state index is -1.49. The summed E-state index contributed by atoms with van der Waals surface area (Å²) in [5.74, 6) is 0.269. The van der Waals surface area contributed by atoms with Gasteiger partial charge in [0.25, 0.3) is 23.3 Å². The highest BCUT2D eigenvalue weighted by atomic mass is 32.1. The number of carbonyl (C=O) groups excluding carboxylic acids is 8. The standard InChI is InChI=1S/2C32H28N2O5.C29H22N2O5S/c35-30(38-22-23-10-3-1-4-11-23)19-18-29(34-21-24-12-7-8-17-28(24)32(34)37)31(36)33-25-13-9-16-27(20-25)39-26-14-5-2-6-15-26;35-30(38-22-23-9-3-1-4-10-23)20-19-29(34-21-24-11-7-8-14-28(24)32(34)37)31(36)33-25-15-17-27(18-16-25)39-26-12-5-2-6-13-26;32-27(30-21-15-17-23(18-16-21)36-22-11-5-2-6-12-22)26(29(34)35-19-20-9-3-1-4-10-20)31-28(33)24-13-7-8-14-25(24)37-31/h1-17,20,29H,18-19,21-22H2,(H,33,36);1-18,29H,19-22H2,(H,33,36);1-18,26H,19H2,(H,30,32). The normalized spacial score (nSPS) is 12.5. The number of carbonyl (C=O) groups is 8. The number of para-hydroxylation sites is 3. The number of amides is 5. The molecule has 0 spiro atoms. The Morgan fingerprint density at radius 1 is 0.348 bits per heavy atom. The zero-order chi connectivity index (χ0) is 79.7. The molecule has 0 saturated heterocycles. The first kappa shape index (κ1) is 78.6. The molecule has 2 aliphatic rings. The molecule has 115 heavy (non-hydrogen) atoms. The van der Waals surface area contributed by atoms with Crippen LogP contribution in [0.3, 0.4) is 0 Å². The maximum absolute atomic E-state index is 13.6. The first-order valence-corrected chi connectivity index (χ1v) is 37.9. The SMILES string of the molecule is O=C(CCC(C(=O)Nc1ccc(Oc2ccccc2)cc1)N1Cc2ccccc2C1=O)OCc1ccccc1.O=C(CCC(C(=O)Nc1cccc(Oc2ccccc2)c1)N1Cc2ccccc2C1=O)OCc1ccccc1.O=C(Nc1ccc(Oc2ccccc2)cc1)C(C(=O)OCc1ccccc1)n1sc2ccccc2c1=O. The predicted octanol–water partition coefficient (Wildman–Crippen LogP) is 17.7. The van der Waals surface area contributed by atoms with Crippen molar-refractivity contribution in [1.82, 2.24) is 13.8 Å². The van der Waals surface area contributed by atoms with Gasteiger partial charge in [-0.05, 0) is 162 Å². The van der Waals surface area contributed by atoms with E-state index in [4.69, 9.17) is 28.4 Å². The molecule has 22 heteroatoms. The Hall–Kier alpha value is -14.5. The summed E-state index contributed by atoms with van der Waals surface area (Å²) >= 11 is 1.05. The Morgan fingerprint density at radius 2 is 0.704 bits per heavy atom. The lowest BCUT2D eigenvalue weighted by Crippen LogP contribution is -2.44. The monoisotopic (exact) mass is 1550 g/mol. The zero-order valence-corrected chi connectivity index (χ0v) is 63.0. The van der Waals surface area contributed by atoms with Crippen LogP contribution in [0.4, 0.5) is 17.1 Å². The third-order valence-corrected chi connectivity index (χ3v) is 19.6. The van der Waals surface area contributed by atoms with Gasteiger partial charge in [-0.3, -0.25) is 38.4 Å². The number of fused-ring (bicyclic) bond motifs is 3. The zero-order valence-electron chi connectivity index (χ0n) is 62.1. The highest BCUT2D eigenvalue weighted by Gasteiger charge is 2.39. The predicted molar refractivity (Wildman–Crippen MR) is 437 cm³/mol. The molecule has 15 rings (SSSR count). The summed E-state index contributed by atoms with van der Waals surface area (Å²) in [6, 6.07) is 95.1. The van der Waals surface area contributed by atoms with Crippen molar-refractivity contribution in [2.75, 3.05) is 16.0 Å². The number of anilines is 3. The fraction of sp³-hybridized carbons (Fsp3) is 0.129. The molecular formula is C93H78N6O15S. The molecule has 3 N–H and O–H groups in total. The summed E-state index contributed by atoms with van der Waals surface area (Å²) in [7, 11) is 0. The van der Waals surface area contributed by atoms with Crippen LogP contribution in [0.25, 0.3) is 10.1 Å². The number of esters is 3. The van der Waals surface area contributed by atoms with Crippen molar-refractivity contribution in [2.45, 2.75) is 76.7 Å². The van der Waals surface area contributed by atoms with Crippen molar-refractivity contribution >= 4 is 86.1 Å². The summed E-state index contributed by atoms with van der Waals surface area (Å²) in [6.07, 6.45) is 0.241. The molecule has 5 amide bonds. The number of ether oxygens (including phenoxy) is 6. The lowest BCUT2D eigenvalue weighted by Gasteiger charge is -2.27. The molecule has 0 radical (unpaired) electrons. The second-order valence-corrected chi connectivity index (χ2v) is 27.6. The quantitative estimate of drug-likeness (QED) is 0.0234. The van der Waals surface area contributed by atoms with Gasteiger partial charge in [-0.15, -0.1) is 0 Å². The summed E-state index contributed by atoms with van der Waals surface area (Å²) in [4.78, 5) is 121. The molecular weight excluding hydrogens is 1470 g/mol. The second kappa shape index (κ2) is 38.9. The number of benzene rings is 12. The van der Waals surface area contributed by atoms with Crippen LogP contribution >= 0.6 is 11.5 Å². The lowest BCUT2D eigenvalue weighted by atomic mass is 10.1. The van der Waals surface area contributed by atoms with E-state index >= 15 is 0 Å². The van der Waals surface area contributed by atoms with E-state index < -0.39 is 47.5 Å². The Kier molecular flexibility index (Phi) is 26.6. The van der Waals surface area contributed by atoms with Gasteiger partial charge in [0, 0.05) is 60.2 Å². The van der Waals surface area contributed by atoms with Gasteiger partial charge in [0.15, 0.2) is 0 Å². The fourth-order valence-corrected chi connectivity index (χ4v) is 13.8. The van der Waals surface area contributed by atoms with E-state index in [1.807, 2.05) is 206 Å². The Balaban J connectivity index is 0.000000150. The number of hydrogen-bond acceptors (Lipinski definition) is 16. The molecule has 576 valence electrons. The van der Waals surface area contributed by atoms with Crippen LogP contribution in [0.1, 0.15) is 80.3 Å². The van der Waals surface area contributed by atoms with Crippen LogP contribution in [0.15, 0.2) is 332 Å². The number of rotatable bonds is 28. The lowest BCUT2D eigenvalue weighted by molar-refractivity contribution is -0.151. The molecule has 3 heterocycles. The molecule has 0 saturated carbocycles. The van der Waals surface area contributed by atoms with Crippen molar-refractivity contribution in [3.63, 3.8) is 0 Å². The van der Waals surface area contributed by atoms with Crippen LogP contribution < -0.4 is 35.7 Å². The Bertz CT molecular complexity index is 5570. The van der Waals surface area contributed by atoms with Crippen LogP contribution in [0.2, 0.25) is 0 Å². The van der Waals surface area contributed by atoms with Gasteiger partial charge in [0.05, 0.1) is 10.1 Å². The van der Waals surface area contributed by atoms with Gasteiger partial charge in [0.1, 0.15) is 66.4 Å². The largest absolute Gasteiger partial charge is 0.461 e. The summed E-state index contributed by atoms with van der Waals surface area (Å²) in [6.45, 7) is 0.884. The molecule has 13 aromatic rings. The molecule has 3 unspecified atom stereocenters. The Morgan fingerprint density at radius 3 is 1.14 bits per heavy atom. The van der Waals surface area contributed by atoms with Crippen LogP contribution in [0.5, 0.6) is 34.5 Å². The van der Waals surface area contributed by atoms with Gasteiger partial charge >= 0.3 is 17.9 Å². The van der Waals surface area contributed by atoms with Crippen molar-refractivity contribution in [2.24, 2.45) is 0 Å². The van der Waals surface area contributed by atoms with Gasteiger partial charge in [-0.2, -0.15) is 0 Å². The third-order valence-electron chi connectivity index (χ3n) is 18.5. The molecule has 2 aliphatic heterocycles. The third kappa shape index (κ3) is 21.5. The van der Waals surface area contributed by atoms with Crippen LogP contribution in [0, 0.1) is 0 Å². The van der Waals surface area contributed by atoms with E-state index in [2.05, 4.69) is 16.0 Å². The first-order valence-electron chi connectivity index (χ1n) is 37.1. The topological polar surface area (TPSA) is 257 Å². The fourth-order valence-electron chi connectivity index (χ4n) is 12.7. The van der Waals surface area contributed by atoms with E-state index in [9.17, 15) is 43.2 Å². The van der Waals surface area contributed by atoms with E-state index in [1.165, 1.54) is 13.8 Å². The molecule has 0 aliphatic carbocycles. The van der Waals surface area contributed by atoms with Gasteiger partial charge in [0.2, 0.25) is 17.9 Å². The van der Waals surface area contributed by atoms with E-state index in [0.717, 1.165) is 39.3 Å². The first-order chi connectivity index (χ1) is 56.2. The van der Waals surface area contributed by atoms with Gasteiger partial charge in [-0.25, -0.2) is 8.75 Å². The number of nitrogens with one attached hydrogen (secondary N) is 3. The number of hydrogen-bond donors (Lipinski definition) is 3. The van der Waals surface area contributed by atoms with Crippen molar-refractivity contribution in [1.29, 1.82) is 0 Å². The van der Waals surface area contributed by atoms with Crippen molar-refractivity contribution in [3.8, 4) is 34.5 Å². The highest BCUT2D eigenvalue weighted by Crippen LogP contribution is 2.33. The van der Waals surface area contributed by atoms with Gasteiger partial charge in [-0.1, -0.05) is 212 Å². The van der Waals surface area contributed by atoms with Crippen molar-refractivity contribution < 1.29 is 66.8 Å². The molecule has 0 bridgehead atoms. The number of nitrogens with zero attached hydrogens (tertiary/aromatic N) is 3. The average molecular weight is 1550 g/mol. The number of aromatic nitrogens is 1. The molecule has 21 nitrogen and oxygen atoms in total. The molecule has 1 aromatic heterocycles. The maximum Gasteiger partial charge on any atom is 0.340 e. The molecule has 0 fully saturated rings. The summed E-state index contributed by atoms with van der Waals surface area (Å²) in [5.41, 5.74) is 6.48. The minimum absolute atomic E-state index is 0.00506. The second-order valence-electron chi connectivity index (χ2n) is 26.6.